The van der Waals surface area contributed by atoms with E-state index in [1.807, 2.05) is 7.05 Å². The molecule has 17 heavy (non-hydrogen) atoms. The zero-order valence-electron chi connectivity index (χ0n) is 10.7. The maximum absolute atomic E-state index is 6.03. The number of rotatable bonds is 1. The largest absolute Gasteiger partial charge is 0.489 e. The van der Waals surface area contributed by atoms with Crippen molar-refractivity contribution in [3.05, 3.63) is 23.3 Å². The fourth-order valence-electron chi connectivity index (χ4n) is 2.80. The lowest BCUT2D eigenvalue weighted by Gasteiger charge is -2.27. The van der Waals surface area contributed by atoms with E-state index < -0.39 is 0 Å². The molecular weight excluding hydrogens is 214 g/mol. The Morgan fingerprint density at radius 1 is 1.29 bits per heavy atom. The van der Waals surface area contributed by atoms with Gasteiger partial charge in [-0.1, -0.05) is 12.1 Å². The van der Waals surface area contributed by atoms with E-state index in [2.05, 4.69) is 31.3 Å². The van der Waals surface area contributed by atoms with E-state index >= 15 is 0 Å². The average Bonchev–Trinajstić information content (AvgIpc) is 2.62. The molecule has 1 N–H and O–H groups in total. The van der Waals surface area contributed by atoms with E-state index in [1.165, 1.54) is 11.1 Å². The van der Waals surface area contributed by atoms with Crippen LogP contribution in [0.4, 0.5) is 0 Å². The molecule has 92 valence electrons. The topological polar surface area (TPSA) is 30.5 Å². The molecule has 3 heteroatoms. The van der Waals surface area contributed by atoms with E-state index in [1.54, 1.807) is 0 Å². The van der Waals surface area contributed by atoms with Gasteiger partial charge in [-0.05, 0) is 20.9 Å². The summed E-state index contributed by atoms with van der Waals surface area (Å²) >= 11 is 0. The molecule has 3 nitrogen and oxygen atoms in total. The third kappa shape index (κ3) is 1.69. The maximum Gasteiger partial charge on any atom is 0.166 e. The number of hydrogen-bond acceptors (Lipinski definition) is 3. The van der Waals surface area contributed by atoms with Crippen LogP contribution in [0.25, 0.3) is 0 Å². The molecule has 0 aliphatic carbocycles. The summed E-state index contributed by atoms with van der Waals surface area (Å²) in [6, 6.07) is 4.75. The second-order valence-electron chi connectivity index (χ2n) is 5.49. The molecule has 0 saturated carbocycles. The molecule has 1 aromatic carbocycles. The minimum absolute atomic E-state index is 0.104. The highest BCUT2D eigenvalue weighted by Crippen LogP contribution is 2.47. The number of ether oxygens (including phenoxy) is 2. The van der Waals surface area contributed by atoms with Gasteiger partial charge in [-0.3, -0.25) is 0 Å². The highest BCUT2D eigenvalue weighted by Gasteiger charge is 2.35. The second-order valence-corrected chi connectivity index (χ2v) is 5.49. The Morgan fingerprint density at radius 2 is 2.12 bits per heavy atom. The van der Waals surface area contributed by atoms with E-state index in [0.29, 0.717) is 6.04 Å². The van der Waals surface area contributed by atoms with Gasteiger partial charge in [-0.2, -0.15) is 0 Å². The summed E-state index contributed by atoms with van der Waals surface area (Å²) in [4.78, 5) is 0. The van der Waals surface area contributed by atoms with Crippen molar-refractivity contribution in [2.24, 2.45) is 0 Å². The molecule has 0 spiro atoms. The van der Waals surface area contributed by atoms with Crippen molar-refractivity contribution in [2.75, 3.05) is 13.7 Å². The SMILES string of the molecule is CNC1CCOc2c1ccc1c2OC(C)(C)C1. The van der Waals surface area contributed by atoms with Crippen molar-refractivity contribution in [1.29, 1.82) is 0 Å². The van der Waals surface area contributed by atoms with E-state index in [4.69, 9.17) is 9.47 Å². The molecule has 3 rings (SSSR count). The van der Waals surface area contributed by atoms with Gasteiger partial charge in [0.1, 0.15) is 5.60 Å². The monoisotopic (exact) mass is 233 g/mol. The molecule has 2 heterocycles. The first-order chi connectivity index (χ1) is 8.11. The van der Waals surface area contributed by atoms with Crippen LogP contribution in [-0.4, -0.2) is 19.3 Å². The highest BCUT2D eigenvalue weighted by molar-refractivity contribution is 5.56. The zero-order chi connectivity index (χ0) is 12.0. The van der Waals surface area contributed by atoms with E-state index in [9.17, 15) is 0 Å². The van der Waals surface area contributed by atoms with Gasteiger partial charge in [0.25, 0.3) is 0 Å². The van der Waals surface area contributed by atoms with Crippen LogP contribution in [0.3, 0.4) is 0 Å². The van der Waals surface area contributed by atoms with Crippen LogP contribution in [0, 0.1) is 0 Å². The Kier molecular flexibility index (Phi) is 2.33. The van der Waals surface area contributed by atoms with Crippen molar-refractivity contribution >= 4 is 0 Å². The van der Waals surface area contributed by atoms with Crippen LogP contribution < -0.4 is 14.8 Å². The van der Waals surface area contributed by atoms with Crippen molar-refractivity contribution in [3.63, 3.8) is 0 Å². The molecular formula is C14H19NO2. The minimum Gasteiger partial charge on any atom is -0.489 e. The van der Waals surface area contributed by atoms with Gasteiger partial charge in [0.2, 0.25) is 0 Å². The molecule has 1 unspecified atom stereocenters. The number of hydrogen-bond donors (Lipinski definition) is 1. The lowest BCUT2D eigenvalue weighted by molar-refractivity contribution is 0.129. The van der Waals surface area contributed by atoms with Gasteiger partial charge in [0, 0.05) is 30.0 Å². The average molecular weight is 233 g/mol. The predicted octanol–water partition coefficient (Wildman–Crippen LogP) is 2.44. The quantitative estimate of drug-likeness (QED) is 0.808. The summed E-state index contributed by atoms with van der Waals surface area (Å²) in [6.45, 7) is 5.01. The molecule has 2 aliphatic heterocycles. The first kappa shape index (κ1) is 10.9. The molecule has 0 amide bonds. The van der Waals surface area contributed by atoms with Crippen molar-refractivity contribution < 1.29 is 9.47 Å². The van der Waals surface area contributed by atoms with Gasteiger partial charge in [0.15, 0.2) is 11.5 Å². The maximum atomic E-state index is 6.03. The molecule has 1 atom stereocenters. The minimum atomic E-state index is -0.104. The van der Waals surface area contributed by atoms with Crippen LogP contribution in [0.5, 0.6) is 11.5 Å². The number of fused-ring (bicyclic) bond motifs is 3. The van der Waals surface area contributed by atoms with Crippen LogP contribution in [0.15, 0.2) is 12.1 Å². The lowest BCUT2D eigenvalue weighted by atomic mass is 9.96. The number of nitrogens with one attached hydrogen (secondary N) is 1. The van der Waals surface area contributed by atoms with E-state index in [-0.39, 0.29) is 5.60 Å². The lowest BCUT2D eigenvalue weighted by Crippen LogP contribution is -2.26. The molecule has 0 saturated heterocycles. The van der Waals surface area contributed by atoms with E-state index in [0.717, 1.165) is 30.9 Å². The Bertz CT molecular complexity index is 454. The first-order valence-electron chi connectivity index (χ1n) is 6.25. The smallest absolute Gasteiger partial charge is 0.166 e. The summed E-state index contributed by atoms with van der Waals surface area (Å²) in [5, 5.41) is 3.34. The Morgan fingerprint density at radius 3 is 2.88 bits per heavy atom. The van der Waals surface area contributed by atoms with Gasteiger partial charge in [0.05, 0.1) is 6.61 Å². The van der Waals surface area contributed by atoms with Crippen LogP contribution >= 0.6 is 0 Å². The van der Waals surface area contributed by atoms with Gasteiger partial charge >= 0.3 is 0 Å². The summed E-state index contributed by atoms with van der Waals surface area (Å²) in [6.07, 6.45) is 1.98. The van der Waals surface area contributed by atoms with Crippen LogP contribution in [0.2, 0.25) is 0 Å². The molecule has 0 radical (unpaired) electrons. The standard InChI is InChI=1S/C14H19NO2/c1-14(2)8-9-4-5-10-11(15-3)6-7-16-13(10)12(9)17-14/h4-5,11,15H,6-8H2,1-3H3. The summed E-state index contributed by atoms with van der Waals surface area (Å²) in [7, 11) is 2.00. The third-order valence-electron chi connectivity index (χ3n) is 3.60. The van der Waals surface area contributed by atoms with Gasteiger partial charge in [-0.25, -0.2) is 0 Å². The van der Waals surface area contributed by atoms with Gasteiger partial charge in [-0.15, -0.1) is 0 Å². The summed E-state index contributed by atoms with van der Waals surface area (Å²) in [5.41, 5.74) is 2.40. The summed E-state index contributed by atoms with van der Waals surface area (Å²) < 4.78 is 11.9. The molecule has 0 fully saturated rings. The molecule has 0 bridgehead atoms. The third-order valence-corrected chi connectivity index (χ3v) is 3.60. The van der Waals surface area contributed by atoms with Crippen molar-refractivity contribution in [2.45, 2.75) is 38.3 Å². The summed E-state index contributed by atoms with van der Waals surface area (Å²) in [5.74, 6) is 1.92. The van der Waals surface area contributed by atoms with Crippen LogP contribution in [0.1, 0.15) is 37.4 Å². The highest BCUT2D eigenvalue weighted by atomic mass is 16.5. The van der Waals surface area contributed by atoms with Crippen molar-refractivity contribution in [1.82, 2.24) is 5.32 Å². The Balaban J connectivity index is 2.08. The normalized spacial score (nSPS) is 24.5. The van der Waals surface area contributed by atoms with Gasteiger partial charge < -0.3 is 14.8 Å². The Labute approximate surface area is 102 Å². The van der Waals surface area contributed by atoms with Crippen molar-refractivity contribution in [3.8, 4) is 11.5 Å². The molecule has 0 aromatic heterocycles. The fraction of sp³-hybridized carbons (Fsp3) is 0.571. The second kappa shape index (κ2) is 3.64. The molecule has 2 aliphatic rings. The zero-order valence-corrected chi connectivity index (χ0v) is 10.7. The molecule has 1 aromatic rings. The fourth-order valence-corrected chi connectivity index (χ4v) is 2.80. The predicted molar refractivity (Wildman–Crippen MR) is 66.8 cm³/mol. The first-order valence-corrected chi connectivity index (χ1v) is 6.25. The Hall–Kier alpha value is -1.22. The van der Waals surface area contributed by atoms with Crippen LogP contribution in [-0.2, 0) is 6.42 Å². The number of benzene rings is 1.